The Morgan fingerprint density at radius 1 is 1.24 bits per heavy atom. The van der Waals surface area contributed by atoms with Crippen LogP contribution in [0.5, 0.6) is 0 Å². The highest BCUT2D eigenvalue weighted by Crippen LogP contribution is 2.30. The average molecular weight is 240 g/mol. The Labute approximate surface area is 106 Å². The van der Waals surface area contributed by atoms with Crippen molar-refractivity contribution in [1.82, 2.24) is 10.2 Å². The molecule has 0 amide bonds. The van der Waals surface area contributed by atoms with Gasteiger partial charge in [0.25, 0.3) is 0 Å². The van der Waals surface area contributed by atoms with Crippen LogP contribution in [0.2, 0.25) is 0 Å². The van der Waals surface area contributed by atoms with Crippen molar-refractivity contribution < 1.29 is 5.11 Å². The minimum absolute atomic E-state index is 0.504. The summed E-state index contributed by atoms with van der Waals surface area (Å²) in [4.78, 5) is 2.56. The number of hydrogen-bond acceptors (Lipinski definition) is 3. The zero-order chi connectivity index (χ0) is 12.3. The van der Waals surface area contributed by atoms with Crippen LogP contribution in [0.1, 0.15) is 46.0 Å². The van der Waals surface area contributed by atoms with E-state index in [1.54, 1.807) is 0 Å². The first kappa shape index (κ1) is 13.3. The van der Waals surface area contributed by atoms with E-state index in [4.69, 9.17) is 0 Å². The summed E-state index contributed by atoms with van der Waals surface area (Å²) in [6.07, 6.45) is 6.13. The molecule has 2 fully saturated rings. The standard InChI is InChI=1S/C14H28N2O/c1-3-14(2,17)11-16(13-4-5-13)10-12-6-8-15-9-7-12/h12-13,15,17H,3-11H2,1-2H3. The Morgan fingerprint density at radius 2 is 1.88 bits per heavy atom. The molecule has 1 atom stereocenters. The van der Waals surface area contributed by atoms with Crippen LogP contribution in [0.4, 0.5) is 0 Å². The Balaban J connectivity index is 1.83. The minimum atomic E-state index is -0.504. The highest BCUT2D eigenvalue weighted by atomic mass is 16.3. The van der Waals surface area contributed by atoms with Gasteiger partial charge < -0.3 is 10.4 Å². The maximum Gasteiger partial charge on any atom is 0.0743 e. The normalized spacial score (nSPS) is 26.1. The van der Waals surface area contributed by atoms with Gasteiger partial charge in [-0.2, -0.15) is 0 Å². The van der Waals surface area contributed by atoms with Crippen molar-refractivity contribution in [1.29, 1.82) is 0 Å². The number of nitrogens with zero attached hydrogens (tertiary/aromatic N) is 1. The number of rotatable bonds is 6. The first-order valence-electron chi connectivity index (χ1n) is 7.28. The molecule has 1 heterocycles. The van der Waals surface area contributed by atoms with Crippen LogP contribution < -0.4 is 5.32 Å². The first-order valence-corrected chi connectivity index (χ1v) is 7.28. The van der Waals surface area contributed by atoms with Gasteiger partial charge in [0.15, 0.2) is 0 Å². The molecule has 2 N–H and O–H groups in total. The quantitative estimate of drug-likeness (QED) is 0.740. The summed E-state index contributed by atoms with van der Waals surface area (Å²) < 4.78 is 0. The Hall–Kier alpha value is -0.120. The van der Waals surface area contributed by atoms with E-state index in [-0.39, 0.29) is 0 Å². The molecule has 2 aliphatic rings. The van der Waals surface area contributed by atoms with Gasteiger partial charge in [-0.05, 0) is 58.0 Å². The summed E-state index contributed by atoms with van der Waals surface area (Å²) in [6.45, 7) is 8.46. The molecule has 1 saturated carbocycles. The van der Waals surface area contributed by atoms with Crippen LogP contribution in [0.3, 0.4) is 0 Å². The maximum absolute atomic E-state index is 10.2. The zero-order valence-corrected chi connectivity index (χ0v) is 11.4. The predicted octanol–water partition coefficient (Wildman–Crippen LogP) is 1.61. The summed E-state index contributed by atoms with van der Waals surface area (Å²) in [5, 5.41) is 13.7. The summed E-state index contributed by atoms with van der Waals surface area (Å²) in [5.74, 6) is 0.838. The number of hydrogen-bond donors (Lipinski definition) is 2. The highest BCUT2D eigenvalue weighted by molar-refractivity contribution is 4.90. The van der Waals surface area contributed by atoms with Crippen LogP contribution in [0.15, 0.2) is 0 Å². The number of aliphatic hydroxyl groups is 1. The third kappa shape index (κ3) is 4.23. The van der Waals surface area contributed by atoms with E-state index in [0.717, 1.165) is 24.9 Å². The van der Waals surface area contributed by atoms with Gasteiger partial charge in [-0.1, -0.05) is 6.92 Å². The van der Waals surface area contributed by atoms with Gasteiger partial charge in [-0.3, -0.25) is 4.90 Å². The summed E-state index contributed by atoms with van der Waals surface area (Å²) >= 11 is 0. The van der Waals surface area contributed by atoms with Crippen molar-refractivity contribution in [3.63, 3.8) is 0 Å². The van der Waals surface area contributed by atoms with E-state index in [1.165, 1.54) is 45.3 Å². The van der Waals surface area contributed by atoms with Crippen molar-refractivity contribution >= 4 is 0 Å². The van der Waals surface area contributed by atoms with E-state index in [2.05, 4.69) is 17.1 Å². The molecule has 3 nitrogen and oxygen atoms in total. The van der Waals surface area contributed by atoms with Gasteiger partial charge in [0.2, 0.25) is 0 Å². The van der Waals surface area contributed by atoms with Gasteiger partial charge >= 0.3 is 0 Å². The second kappa shape index (κ2) is 5.68. The molecule has 100 valence electrons. The SMILES string of the molecule is CCC(C)(O)CN(CC1CCNCC1)C1CC1. The second-order valence-electron chi connectivity index (χ2n) is 6.20. The molecule has 1 saturated heterocycles. The Kier molecular flexibility index (Phi) is 4.45. The molecule has 0 spiro atoms. The Morgan fingerprint density at radius 3 is 2.41 bits per heavy atom. The molecule has 1 unspecified atom stereocenters. The minimum Gasteiger partial charge on any atom is -0.389 e. The molecule has 1 aliphatic carbocycles. The fourth-order valence-electron chi connectivity index (χ4n) is 2.73. The fourth-order valence-corrected chi connectivity index (χ4v) is 2.73. The first-order chi connectivity index (χ1) is 8.11. The highest BCUT2D eigenvalue weighted by Gasteiger charge is 2.34. The van der Waals surface area contributed by atoms with Gasteiger partial charge in [0.1, 0.15) is 0 Å². The van der Waals surface area contributed by atoms with Crippen LogP contribution in [0.25, 0.3) is 0 Å². The summed E-state index contributed by atoms with van der Waals surface area (Å²) in [5.41, 5.74) is -0.504. The summed E-state index contributed by atoms with van der Waals surface area (Å²) in [7, 11) is 0. The lowest BCUT2D eigenvalue weighted by molar-refractivity contribution is 0.00780. The Bertz CT molecular complexity index is 232. The predicted molar refractivity (Wildman–Crippen MR) is 71.1 cm³/mol. The molecule has 0 bridgehead atoms. The van der Waals surface area contributed by atoms with E-state index < -0.39 is 5.60 Å². The molecule has 1 aliphatic heterocycles. The van der Waals surface area contributed by atoms with E-state index in [0.29, 0.717) is 0 Å². The smallest absolute Gasteiger partial charge is 0.0743 e. The monoisotopic (exact) mass is 240 g/mol. The average Bonchev–Trinajstić information content (AvgIpc) is 3.13. The fraction of sp³-hybridized carbons (Fsp3) is 1.00. The molecular formula is C14H28N2O. The van der Waals surface area contributed by atoms with E-state index >= 15 is 0 Å². The van der Waals surface area contributed by atoms with Crippen LogP contribution in [0, 0.1) is 5.92 Å². The van der Waals surface area contributed by atoms with Gasteiger partial charge in [-0.15, -0.1) is 0 Å². The van der Waals surface area contributed by atoms with Crippen molar-refractivity contribution in [2.24, 2.45) is 5.92 Å². The van der Waals surface area contributed by atoms with Crippen LogP contribution >= 0.6 is 0 Å². The van der Waals surface area contributed by atoms with Gasteiger partial charge in [0.05, 0.1) is 5.60 Å². The molecule has 2 rings (SSSR count). The van der Waals surface area contributed by atoms with Crippen LogP contribution in [-0.4, -0.2) is 47.8 Å². The molecule has 17 heavy (non-hydrogen) atoms. The van der Waals surface area contributed by atoms with Crippen molar-refractivity contribution in [3.8, 4) is 0 Å². The van der Waals surface area contributed by atoms with Crippen molar-refractivity contribution in [2.75, 3.05) is 26.2 Å². The topological polar surface area (TPSA) is 35.5 Å². The molecule has 3 heteroatoms. The van der Waals surface area contributed by atoms with Gasteiger partial charge in [-0.25, -0.2) is 0 Å². The van der Waals surface area contributed by atoms with Crippen molar-refractivity contribution in [2.45, 2.75) is 57.6 Å². The molecular weight excluding hydrogens is 212 g/mol. The summed E-state index contributed by atoms with van der Waals surface area (Å²) in [6, 6.07) is 0.767. The van der Waals surface area contributed by atoms with E-state index in [9.17, 15) is 5.11 Å². The third-order valence-corrected chi connectivity index (χ3v) is 4.32. The van der Waals surface area contributed by atoms with Crippen molar-refractivity contribution in [3.05, 3.63) is 0 Å². The maximum atomic E-state index is 10.2. The lowest BCUT2D eigenvalue weighted by Gasteiger charge is -2.34. The van der Waals surface area contributed by atoms with E-state index in [1.807, 2.05) is 6.92 Å². The number of piperidine rings is 1. The second-order valence-corrected chi connectivity index (χ2v) is 6.20. The molecule has 0 aromatic rings. The number of nitrogens with one attached hydrogen (secondary N) is 1. The lowest BCUT2D eigenvalue weighted by Crippen LogP contribution is -2.45. The third-order valence-electron chi connectivity index (χ3n) is 4.32. The van der Waals surface area contributed by atoms with Gasteiger partial charge in [0, 0.05) is 19.1 Å². The molecule has 0 aromatic carbocycles. The lowest BCUT2D eigenvalue weighted by atomic mass is 9.96. The largest absolute Gasteiger partial charge is 0.389 e. The van der Waals surface area contributed by atoms with Crippen LogP contribution in [-0.2, 0) is 0 Å². The molecule has 0 radical (unpaired) electrons. The molecule has 0 aromatic heterocycles. The zero-order valence-electron chi connectivity index (χ0n) is 11.4.